The van der Waals surface area contributed by atoms with Crippen LogP contribution in [-0.2, 0) is 11.9 Å². The first kappa shape index (κ1) is 20.5. The van der Waals surface area contributed by atoms with E-state index >= 15 is 0 Å². The number of hydrogen-bond donors (Lipinski definition) is 0. The molecule has 1 aromatic heterocycles. The highest BCUT2D eigenvalue weighted by Gasteiger charge is 2.30. The second kappa shape index (κ2) is 8.53. The first-order chi connectivity index (χ1) is 14.4. The van der Waals surface area contributed by atoms with Crippen molar-refractivity contribution in [3.05, 3.63) is 95.0 Å². The number of alkyl halides is 3. The molecule has 152 valence electrons. The molecular weight excluding hydrogens is 431 g/mol. The van der Waals surface area contributed by atoms with Gasteiger partial charge >= 0.3 is 6.18 Å². The Labute approximate surface area is 180 Å². The minimum Gasteiger partial charge on any atom is -0.270 e. The van der Waals surface area contributed by atoms with E-state index in [0.29, 0.717) is 27.3 Å². The maximum absolute atomic E-state index is 13.0. The van der Waals surface area contributed by atoms with Gasteiger partial charge < -0.3 is 0 Å². The van der Waals surface area contributed by atoms with Gasteiger partial charge in [0.1, 0.15) is 0 Å². The number of hydrogen-bond acceptors (Lipinski definition) is 3. The molecule has 0 fully saturated rings. The van der Waals surface area contributed by atoms with Crippen LogP contribution in [0.15, 0.2) is 84.0 Å². The predicted octanol–water partition coefficient (Wildman–Crippen LogP) is 6.90. The van der Waals surface area contributed by atoms with Crippen LogP contribution in [-0.4, -0.2) is 14.8 Å². The van der Waals surface area contributed by atoms with Crippen molar-refractivity contribution in [1.82, 2.24) is 14.8 Å². The van der Waals surface area contributed by atoms with Crippen LogP contribution < -0.4 is 0 Å². The van der Waals surface area contributed by atoms with Crippen LogP contribution in [0.1, 0.15) is 11.1 Å². The Hall–Kier alpha value is -2.77. The fourth-order valence-corrected chi connectivity index (χ4v) is 3.97. The fraction of sp³-hybridized carbons (Fsp3) is 0.0909. The molecule has 0 saturated heterocycles. The first-order valence-corrected chi connectivity index (χ1v) is 10.3. The molecule has 0 atom stereocenters. The zero-order valence-corrected chi connectivity index (χ0v) is 17.0. The van der Waals surface area contributed by atoms with Crippen LogP contribution in [0, 0.1) is 0 Å². The molecule has 0 N–H and O–H groups in total. The smallest absolute Gasteiger partial charge is 0.270 e. The third-order valence-electron chi connectivity index (χ3n) is 4.37. The monoisotopic (exact) mass is 445 g/mol. The molecule has 8 heteroatoms. The number of aromatic nitrogens is 3. The van der Waals surface area contributed by atoms with E-state index in [1.807, 2.05) is 47.0 Å². The summed E-state index contributed by atoms with van der Waals surface area (Å²) in [5, 5.41) is 9.81. The Balaban J connectivity index is 1.69. The zero-order chi connectivity index (χ0) is 21.1. The average molecular weight is 446 g/mol. The quantitative estimate of drug-likeness (QED) is 0.313. The Morgan fingerprint density at radius 2 is 1.60 bits per heavy atom. The lowest BCUT2D eigenvalue weighted by Gasteiger charge is -2.11. The normalized spacial score (nSPS) is 11.6. The predicted molar refractivity (Wildman–Crippen MR) is 113 cm³/mol. The van der Waals surface area contributed by atoms with E-state index in [-0.39, 0.29) is 0 Å². The van der Waals surface area contributed by atoms with Gasteiger partial charge in [0.2, 0.25) is 0 Å². The van der Waals surface area contributed by atoms with Crippen LogP contribution in [0.25, 0.3) is 17.1 Å². The van der Waals surface area contributed by atoms with E-state index in [0.717, 1.165) is 23.4 Å². The first-order valence-electron chi connectivity index (χ1n) is 8.97. The minimum absolute atomic E-state index is 0.324. The lowest BCUT2D eigenvalue weighted by atomic mass is 10.1. The summed E-state index contributed by atoms with van der Waals surface area (Å²) in [6.07, 6.45) is -4.37. The molecule has 0 saturated carbocycles. The Morgan fingerprint density at radius 1 is 0.867 bits per heavy atom. The molecule has 4 aromatic rings. The van der Waals surface area contributed by atoms with Crippen molar-refractivity contribution >= 4 is 23.4 Å². The summed E-state index contributed by atoms with van der Waals surface area (Å²) >= 11 is 7.35. The number of benzene rings is 3. The SMILES string of the molecule is FC(F)(F)c1cccc(CSc2nnc(-c3ccccc3)n2-c2ccc(Cl)cc2)c1. The van der Waals surface area contributed by atoms with E-state index in [9.17, 15) is 13.2 Å². The van der Waals surface area contributed by atoms with Gasteiger partial charge in [-0.05, 0) is 35.9 Å². The molecular formula is C22H15ClF3N3S. The zero-order valence-electron chi connectivity index (χ0n) is 15.5. The van der Waals surface area contributed by atoms with Gasteiger partial charge in [0.05, 0.1) is 5.56 Å². The maximum atomic E-state index is 13.0. The van der Waals surface area contributed by atoms with Crippen molar-refractivity contribution in [2.24, 2.45) is 0 Å². The second-order valence-electron chi connectivity index (χ2n) is 6.47. The Bertz CT molecular complexity index is 1140. The van der Waals surface area contributed by atoms with Crippen molar-refractivity contribution in [2.45, 2.75) is 17.1 Å². The second-order valence-corrected chi connectivity index (χ2v) is 7.85. The standard InChI is InChI=1S/C22H15ClF3N3S/c23-18-9-11-19(12-10-18)29-20(16-6-2-1-3-7-16)27-28-21(29)30-14-15-5-4-8-17(13-15)22(24,25)26/h1-13H,14H2. The van der Waals surface area contributed by atoms with E-state index in [4.69, 9.17) is 11.6 Å². The van der Waals surface area contributed by atoms with Crippen molar-refractivity contribution in [3.63, 3.8) is 0 Å². The highest BCUT2D eigenvalue weighted by Crippen LogP contribution is 2.33. The van der Waals surface area contributed by atoms with Gasteiger partial charge in [-0.1, -0.05) is 71.9 Å². The molecule has 0 aliphatic rings. The highest BCUT2D eigenvalue weighted by molar-refractivity contribution is 7.98. The van der Waals surface area contributed by atoms with Gasteiger partial charge in [-0.2, -0.15) is 13.2 Å². The van der Waals surface area contributed by atoms with Gasteiger partial charge in [0.25, 0.3) is 0 Å². The number of thioether (sulfide) groups is 1. The molecule has 0 unspecified atom stereocenters. The molecule has 0 aliphatic carbocycles. The van der Waals surface area contributed by atoms with Crippen molar-refractivity contribution in [1.29, 1.82) is 0 Å². The number of nitrogens with zero attached hydrogens (tertiary/aromatic N) is 3. The molecule has 0 bridgehead atoms. The summed E-state index contributed by atoms with van der Waals surface area (Å²) < 4.78 is 40.9. The minimum atomic E-state index is -4.37. The van der Waals surface area contributed by atoms with Crippen molar-refractivity contribution < 1.29 is 13.2 Å². The van der Waals surface area contributed by atoms with E-state index in [1.54, 1.807) is 18.2 Å². The molecule has 1 heterocycles. The van der Waals surface area contributed by atoms with Crippen molar-refractivity contribution in [2.75, 3.05) is 0 Å². The third kappa shape index (κ3) is 4.52. The number of halogens is 4. The summed E-state index contributed by atoms with van der Waals surface area (Å²) in [5.41, 5.74) is 1.59. The van der Waals surface area contributed by atoms with E-state index in [2.05, 4.69) is 10.2 Å². The summed E-state index contributed by atoms with van der Waals surface area (Å²) in [4.78, 5) is 0. The molecule has 0 spiro atoms. The largest absolute Gasteiger partial charge is 0.416 e. The van der Waals surface area contributed by atoms with E-state index < -0.39 is 11.7 Å². The Kier molecular flexibility index (Phi) is 5.83. The fourth-order valence-electron chi connectivity index (χ4n) is 2.95. The summed E-state index contributed by atoms with van der Waals surface area (Å²) in [6, 6.07) is 22.1. The summed E-state index contributed by atoms with van der Waals surface area (Å²) in [6.45, 7) is 0. The van der Waals surface area contributed by atoms with Crippen LogP contribution in [0.3, 0.4) is 0 Å². The van der Waals surface area contributed by atoms with Crippen LogP contribution in [0.4, 0.5) is 13.2 Å². The molecule has 4 rings (SSSR count). The summed E-state index contributed by atoms with van der Waals surface area (Å²) in [5.74, 6) is 0.967. The molecule has 0 aliphatic heterocycles. The molecule has 0 amide bonds. The highest BCUT2D eigenvalue weighted by atomic mass is 35.5. The van der Waals surface area contributed by atoms with Gasteiger partial charge in [-0.15, -0.1) is 10.2 Å². The number of rotatable bonds is 5. The van der Waals surface area contributed by atoms with Gasteiger partial charge in [0, 0.05) is 22.0 Å². The molecule has 0 radical (unpaired) electrons. The van der Waals surface area contributed by atoms with Crippen molar-refractivity contribution in [3.8, 4) is 17.1 Å². The Morgan fingerprint density at radius 3 is 2.30 bits per heavy atom. The molecule has 30 heavy (non-hydrogen) atoms. The molecule has 3 aromatic carbocycles. The average Bonchev–Trinajstić information content (AvgIpc) is 3.17. The lowest BCUT2D eigenvalue weighted by Crippen LogP contribution is -2.05. The maximum Gasteiger partial charge on any atom is 0.416 e. The van der Waals surface area contributed by atoms with E-state index in [1.165, 1.54) is 17.8 Å². The van der Waals surface area contributed by atoms with Crippen LogP contribution in [0.5, 0.6) is 0 Å². The van der Waals surface area contributed by atoms with Gasteiger partial charge in [-0.3, -0.25) is 4.57 Å². The van der Waals surface area contributed by atoms with Gasteiger partial charge in [-0.25, -0.2) is 0 Å². The van der Waals surface area contributed by atoms with Crippen LogP contribution in [0.2, 0.25) is 5.02 Å². The van der Waals surface area contributed by atoms with Crippen LogP contribution >= 0.6 is 23.4 Å². The third-order valence-corrected chi connectivity index (χ3v) is 5.62. The topological polar surface area (TPSA) is 30.7 Å². The lowest BCUT2D eigenvalue weighted by molar-refractivity contribution is -0.137. The van der Waals surface area contributed by atoms with Gasteiger partial charge in [0.15, 0.2) is 11.0 Å². The summed E-state index contributed by atoms with van der Waals surface area (Å²) in [7, 11) is 0. The molecule has 3 nitrogen and oxygen atoms in total.